The number of hydrogen-bond donors (Lipinski definition) is 3. The number of nitrogens with one attached hydrogen (secondary N) is 3. The molecule has 0 atom stereocenters. The van der Waals surface area contributed by atoms with Crippen LogP contribution < -0.4 is 10.6 Å². The summed E-state index contributed by atoms with van der Waals surface area (Å²) in [6.45, 7) is 6.02. The number of benzene rings is 1. The Bertz CT molecular complexity index is 1140. The highest BCUT2D eigenvalue weighted by atomic mass is 16.5. The van der Waals surface area contributed by atoms with Gasteiger partial charge < -0.3 is 15.2 Å². The zero-order valence-corrected chi connectivity index (χ0v) is 15.6. The molecule has 3 N–H and O–H groups in total. The fourth-order valence-corrected chi connectivity index (χ4v) is 2.61. The lowest BCUT2D eigenvalue weighted by molar-refractivity contribution is 0.102. The van der Waals surface area contributed by atoms with Crippen molar-refractivity contribution in [3.05, 3.63) is 53.9 Å². The van der Waals surface area contributed by atoms with Crippen molar-refractivity contribution in [1.82, 2.24) is 25.6 Å². The van der Waals surface area contributed by atoms with Crippen LogP contribution in [0.25, 0.3) is 11.0 Å². The second-order valence-corrected chi connectivity index (χ2v) is 7.33. The highest BCUT2D eigenvalue weighted by molar-refractivity contribution is 6.07. The van der Waals surface area contributed by atoms with E-state index in [0.29, 0.717) is 28.5 Å². The van der Waals surface area contributed by atoms with E-state index in [2.05, 4.69) is 36.2 Å². The Balaban J connectivity index is 1.56. The number of pyridine rings is 1. The highest BCUT2D eigenvalue weighted by Crippen LogP contribution is 2.25. The van der Waals surface area contributed by atoms with Gasteiger partial charge in [-0.3, -0.25) is 4.79 Å². The monoisotopic (exact) mass is 377 g/mol. The van der Waals surface area contributed by atoms with Crippen LogP contribution in [0.3, 0.4) is 0 Å². The fourth-order valence-electron chi connectivity index (χ4n) is 2.61. The zero-order chi connectivity index (χ0) is 19.7. The third-order valence-corrected chi connectivity index (χ3v) is 4.12. The van der Waals surface area contributed by atoms with Gasteiger partial charge in [-0.15, -0.1) is 0 Å². The Morgan fingerprint density at radius 1 is 1.11 bits per heavy atom. The van der Waals surface area contributed by atoms with Gasteiger partial charge in [0.25, 0.3) is 5.91 Å². The average molecular weight is 377 g/mol. The van der Waals surface area contributed by atoms with Crippen molar-refractivity contribution in [2.24, 2.45) is 0 Å². The molecule has 0 fully saturated rings. The van der Waals surface area contributed by atoms with Crippen LogP contribution >= 0.6 is 0 Å². The third kappa shape index (κ3) is 3.54. The smallest absolute Gasteiger partial charge is 0.260 e. The first-order chi connectivity index (χ1) is 13.4. The van der Waals surface area contributed by atoms with E-state index in [9.17, 15) is 4.79 Å². The van der Waals surface area contributed by atoms with Crippen molar-refractivity contribution < 1.29 is 9.32 Å². The lowest BCUT2D eigenvalue weighted by atomic mass is 9.93. The Kier molecular flexibility index (Phi) is 4.26. The van der Waals surface area contributed by atoms with Gasteiger partial charge in [-0.05, 0) is 30.3 Å². The summed E-state index contributed by atoms with van der Waals surface area (Å²) in [5.41, 5.74) is 2.39. The first kappa shape index (κ1) is 17.7. The van der Waals surface area contributed by atoms with Crippen molar-refractivity contribution in [1.29, 1.82) is 0 Å². The topological polar surface area (TPSA) is 122 Å². The van der Waals surface area contributed by atoms with E-state index >= 15 is 0 Å². The normalized spacial score (nSPS) is 11.5. The van der Waals surface area contributed by atoms with Crippen molar-refractivity contribution in [3.63, 3.8) is 0 Å². The Morgan fingerprint density at radius 2 is 1.93 bits per heavy atom. The van der Waals surface area contributed by atoms with E-state index in [0.717, 1.165) is 11.2 Å². The Labute approximate surface area is 160 Å². The number of hydrogen-bond acceptors (Lipinski definition) is 7. The van der Waals surface area contributed by atoms with Crippen LogP contribution in [0, 0.1) is 0 Å². The minimum Gasteiger partial charge on any atom is -0.359 e. The van der Waals surface area contributed by atoms with E-state index in [1.807, 2.05) is 39.0 Å². The number of rotatable bonds is 4. The molecule has 0 bridgehead atoms. The summed E-state index contributed by atoms with van der Waals surface area (Å²) in [4.78, 5) is 17.0. The molecule has 28 heavy (non-hydrogen) atoms. The standard InChI is InChI=1S/C19H19N7O2/c1-19(2,3)15-10-16(25-28-15)22-18(27)12-5-4-8-20-17(12)21-11-6-7-13-14(9-11)24-26-23-13/h4-10H,1-3H3,(H,20,21)(H,22,25,27)(H,23,24,26). The zero-order valence-electron chi connectivity index (χ0n) is 15.6. The summed E-state index contributed by atoms with van der Waals surface area (Å²) >= 11 is 0. The minimum absolute atomic E-state index is 0.198. The van der Waals surface area contributed by atoms with E-state index in [4.69, 9.17) is 4.52 Å². The van der Waals surface area contributed by atoms with E-state index < -0.39 is 0 Å². The number of fused-ring (bicyclic) bond motifs is 1. The molecule has 0 saturated carbocycles. The number of aromatic amines is 1. The van der Waals surface area contributed by atoms with Gasteiger partial charge in [-0.1, -0.05) is 25.9 Å². The number of anilines is 3. The van der Waals surface area contributed by atoms with Crippen molar-refractivity contribution in [2.75, 3.05) is 10.6 Å². The predicted octanol–water partition coefficient (Wildman–Crippen LogP) is 3.63. The molecule has 0 saturated heterocycles. The highest BCUT2D eigenvalue weighted by Gasteiger charge is 2.21. The van der Waals surface area contributed by atoms with Crippen LogP contribution in [0.15, 0.2) is 47.1 Å². The molecule has 0 unspecified atom stereocenters. The first-order valence-corrected chi connectivity index (χ1v) is 8.71. The summed E-state index contributed by atoms with van der Waals surface area (Å²) < 4.78 is 5.31. The molecule has 0 aliphatic heterocycles. The molecule has 3 aromatic heterocycles. The molecular weight excluding hydrogens is 358 g/mol. The second-order valence-electron chi connectivity index (χ2n) is 7.33. The van der Waals surface area contributed by atoms with Gasteiger partial charge in [0.05, 0.1) is 5.56 Å². The molecule has 142 valence electrons. The van der Waals surface area contributed by atoms with Crippen LogP contribution in [0.1, 0.15) is 36.9 Å². The van der Waals surface area contributed by atoms with E-state index in [1.165, 1.54) is 0 Å². The summed E-state index contributed by atoms with van der Waals surface area (Å²) in [5.74, 6) is 1.12. The summed E-state index contributed by atoms with van der Waals surface area (Å²) in [5, 5.41) is 20.5. The van der Waals surface area contributed by atoms with Gasteiger partial charge in [0.15, 0.2) is 5.82 Å². The van der Waals surface area contributed by atoms with Crippen LogP contribution in [0.2, 0.25) is 0 Å². The molecule has 0 aliphatic rings. The summed E-state index contributed by atoms with van der Waals surface area (Å²) in [7, 11) is 0. The van der Waals surface area contributed by atoms with Crippen molar-refractivity contribution in [3.8, 4) is 0 Å². The van der Waals surface area contributed by atoms with Crippen LogP contribution in [-0.4, -0.2) is 31.5 Å². The number of carbonyl (C=O) groups is 1. The number of carbonyl (C=O) groups excluding carboxylic acids is 1. The Hall–Kier alpha value is -3.75. The van der Waals surface area contributed by atoms with Gasteiger partial charge in [0.2, 0.25) is 0 Å². The van der Waals surface area contributed by atoms with Gasteiger partial charge in [0, 0.05) is 23.4 Å². The number of H-pyrrole nitrogens is 1. The first-order valence-electron chi connectivity index (χ1n) is 8.71. The largest absolute Gasteiger partial charge is 0.359 e. The molecule has 4 rings (SSSR count). The summed E-state index contributed by atoms with van der Waals surface area (Å²) in [6.07, 6.45) is 1.61. The maximum absolute atomic E-state index is 12.8. The molecule has 1 aromatic carbocycles. The average Bonchev–Trinajstić information content (AvgIpc) is 3.30. The minimum atomic E-state index is -0.341. The molecular formula is C19H19N7O2. The molecule has 1 amide bonds. The molecule has 0 radical (unpaired) electrons. The number of nitrogens with zero attached hydrogens (tertiary/aromatic N) is 4. The molecule has 4 aromatic rings. The lowest BCUT2D eigenvalue weighted by Crippen LogP contribution is -2.15. The van der Waals surface area contributed by atoms with Crippen molar-refractivity contribution >= 4 is 34.3 Å². The summed E-state index contributed by atoms with van der Waals surface area (Å²) in [6, 6.07) is 10.6. The second kappa shape index (κ2) is 6.76. The molecule has 9 heteroatoms. The molecule has 0 spiro atoms. The number of amides is 1. The number of aromatic nitrogens is 5. The molecule has 9 nitrogen and oxygen atoms in total. The van der Waals surface area contributed by atoms with Gasteiger partial charge in [-0.2, -0.15) is 15.4 Å². The van der Waals surface area contributed by atoms with Crippen molar-refractivity contribution in [2.45, 2.75) is 26.2 Å². The fraction of sp³-hybridized carbons (Fsp3) is 0.211. The quantitative estimate of drug-likeness (QED) is 0.496. The Morgan fingerprint density at radius 3 is 2.71 bits per heavy atom. The van der Waals surface area contributed by atoms with Gasteiger partial charge in [-0.25, -0.2) is 4.98 Å². The maximum Gasteiger partial charge on any atom is 0.260 e. The van der Waals surface area contributed by atoms with E-state index in [-0.39, 0.29) is 11.3 Å². The lowest BCUT2D eigenvalue weighted by Gasteiger charge is -2.12. The molecule has 0 aliphatic carbocycles. The predicted molar refractivity (Wildman–Crippen MR) is 105 cm³/mol. The SMILES string of the molecule is CC(C)(C)c1cc(NC(=O)c2cccnc2Nc2ccc3n[nH]nc3c2)no1. The third-order valence-electron chi connectivity index (χ3n) is 4.12. The molecule has 3 heterocycles. The van der Waals surface area contributed by atoms with Crippen LogP contribution in [0.5, 0.6) is 0 Å². The van der Waals surface area contributed by atoms with Crippen LogP contribution in [-0.2, 0) is 5.41 Å². The van der Waals surface area contributed by atoms with Gasteiger partial charge in [0.1, 0.15) is 22.6 Å². The van der Waals surface area contributed by atoms with Gasteiger partial charge >= 0.3 is 0 Å². The van der Waals surface area contributed by atoms with E-state index in [1.54, 1.807) is 24.4 Å². The maximum atomic E-state index is 12.8. The van der Waals surface area contributed by atoms with Crippen LogP contribution in [0.4, 0.5) is 17.3 Å².